The monoisotopic (exact) mass is 313 g/mol. The second-order valence-electron chi connectivity index (χ2n) is 4.90. The predicted octanol–water partition coefficient (Wildman–Crippen LogP) is 4.09. The molecule has 0 aromatic heterocycles. The van der Waals surface area contributed by atoms with Gasteiger partial charge in [-0.15, -0.1) is 0 Å². The zero-order valence-electron chi connectivity index (χ0n) is 9.25. The number of nitrogens with one attached hydrogen (secondary N) is 1. The van der Waals surface area contributed by atoms with Crippen molar-refractivity contribution in [2.45, 2.75) is 19.3 Å². The zero-order valence-corrected chi connectivity index (χ0v) is 11.6. The molecule has 90 valence electrons. The largest absolute Gasteiger partial charge is 0.324 e. The lowest BCUT2D eigenvalue weighted by Crippen LogP contribution is -2.16. The van der Waals surface area contributed by atoms with Crippen LogP contribution in [0.5, 0.6) is 0 Å². The van der Waals surface area contributed by atoms with Crippen LogP contribution in [0.15, 0.2) is 22.7 Å². The summed E-state index contributed by atoms with van der Waals surface area (Å²) in [6.45, 7) is 0. The van der Waals surface area contributed by atoms with E-state index in [1.165, 1.54) is 19.3 Å². The Morgan fingerprint density at radius 3 is 2.76 bits per heavy atom. The van der Waals surface area contributed by atoms with Crippen molar-refractivity contribution in [1.82, 2.24) is 0 Å². The van der Waals surface area contributed by atoms with Crippen LogP contribution in [0.4, 0.5) is 5.69 Å². The zero-order chi connectivity index (χ0) is 12.0. The fraction of sp³-hybridized carbons (Fsp3) is 0.462. The molecule has 2 saturated carbocycles. The number of carbonyl (C=O) groups is 1. The molecule has 1 amide bonds. The Morgan fingerprint density at radius 2 is 2.06 bits per heavy atom. The summed E-state index contributed by atoms with van der Waals surface area (Å²) in [7, 11) is 0. The summed E-state index contributed by atoms with van der Waals surface area (Å²) < 4.78 is 0.924. The molecule has 4 heteroatoms. The van der Waals surface area contributed by atoms with Gasteiger partial charge in [0, 0.05) is 10.4 Å². The summed E-state index contributed by atoms with van der Waals surface area (Å²) in [5, 5.41) is 3.53. The molecule has 2 atom stereocenters. The molecular formula is C13H13BrClNO. The molecule has 0 saturated heterocycles. The van der Waals surface area contributed by atoms with E-state index in [-0.39, 0.29) is 11.8 Å². The maximum atomic E-state index is 12.1. The van der Waals surface area contributed by atoms with Gasteiger partial charge in [0.15, 0.2) is 0 Å². The lowest BCUT2D eigenvalue weighted by atomic mass is 10.1. The van der Waals surface area contributed by atoms with E-state index in [0.29, 0.717) is 22.5 Å². The summed E-state index contributed by atoms with van der Waals surface area (Å²) in [4.78, 5) is 12.1. The topological polar surface area (TPSA) is 29.1 Å². The van der Waals surface area contributed by atoms with Crippen molar-refractivity contribution in [3.63, 3.8) is 0 Å². The maximum Gasteiger partial charge on any atom is 0.228 e. The third-order valence-corrected chi connectivity index (χ3v) is 4.72. The fourth-order valence-electron chi connectivity index (χ4n) is 3.02. The van der Waals surface area contributed by atoms with E-state index in [9.17, 15) is 4.79 Å². The van der Waals surface area contributed by atoms with Crippen molar-refractivity contribution < 1.29 is 4.79 Å². The number of anilines is 1. The van der Waals surface area contributed by atoms with Crippen LogP contribution in [0.1, 0.15) is 19.3 Å². The highest BCUT2D eigenvalue weighted by atomic mass is 79.9. The lowest BCUT2D eigenvalue weighted by molar-refractivity contribution is -0.118. The van der Waals surface area contributed by atoms with Crippen LogP contribution in [-0.4, -0.2) is 5.91 Å². The van der Waals surface area contributed by atoms with E-state index in [0.717, 1.165) is 4.47 Å². The number of halogens is 2. The van der Waals surface area contributed by atoms with Crippen LogP contribution in [0.3, 0.4) is 0 Å². The van der Waals surface area contributed by atoms with Crippen LogP contribution < -0.4 is 5.32 Å². The van der Waals surface area contributed by atoms with Crippen LogP contribution in [0.2, 0.25) is 5.02 Å². The average Bonchev–Trinajstić information content (AvgIpc) is 2.78. The first-order chi connectivity index (χ1) is 8.16. The quantitative estimate of drug-likeness (QED) is 0.875. The number of hydrogen-bond acceptors (Lipinski definition) is 1. The highest BCUT2D eigenvalue weighted by molar-refractivity contribution is 9.10. The van der Waals surface area contributed by atoms with E-state index < -0.39 is 0 Å². The molecule has 2 nitrogen and oxygen atoms in total. The molecule has 0 heterocycles. The van der Waals surface area contributed by atoms with Crippen LogP contribution >= 0.6 is 27.5 Å². The maximum absolute atomic E-state index is 12.1. The average molecular weight is 315 g/mol. The molecule has 0 spiro atoms. The minimum absolute atomic E-state index is 0.139. The second kappa shape index (κ2) is 4.29. The van der Waals surface area contributed by atoms with Gasteiger partial charge >= 0.3 is 0 Å². The Kier molecular flexibility index (Phi) is 2.91. The Balaban J connectivity index is 1.71. The van der Waals surface area contributed by atoms with Crippen molar-refractivity contribution in [3.8, 4) is 0 Å². The van der Waals surface area contributed by atoms with E-state index in [2.05, 4.69) is 21.2 Å². The van der Waals surface area contributed by atoms with Gasteiger partial charge in [0.2, 0.25) is 5.91 Å². The molecule has 2 fully saturated rings. The number of hydrogen-bond donors (Lipinski definition) is 1. The van der Waals surface area contributed by atoms with Gasteiger partial charge in [-0.25, -0.2) is 0 Å². The Hall–Kier alpha value is -0.540. The first-order valence-electron chi connectivity index (χ1n) is 5.93. The number of amides is 1. The third kappa shape index (κ3) is 2.11. The molecule has 0 aliphatic heterocycles. The minimum atomic E-state index is 0.139. The van der Waals surface area contributed by atoms with Gasteiger partial charge in [0.05, 0.1) is 10.7 Å². The summed E-state index contributed by atoms with van der Waals surface area (Å²) in [6, 6.07) is 5.50. The van der Waals surface area contributed by atoms with Crippen molar-refractivity contribution in [2.75, 3.05) is 5.32 Å². The minimum Gasteiger partial charge on any atom is -0.324 e. The molecule has 1 aromatic rings. The van der Waals surface area contributed by atoms with Gasteiger partial charge in [-0.3, -0.25) is 4.79 Å². The van der Waals surface area contributed by atoms with Crippen LogP contribution in [-0.2, 0) is 4.79 Å². The summed E-state index contributed by atoms with van der Waals surface area (Å²) >= 11 is 9.43. The Morgan fingerprint density at radius 1 is 1.35 bits per heavy atom. The Bertz CT molecular complexity index is 466. The molecule has 2 aliphatic rings. The van der Waals surface area contributed by atoms with Crippen molar-refractivity contribution >= 4 is 39.1 Å². The van der Waals surface area contributed by atoms with Crippen LogP contribution in [0, 0.1) is 17.8 Å². The van der Waals surface area contributed by atoms with E-state index in [1.54, 1.807) is 6.07 Å². The number of carbonyl (C=O) groups excluding carboxylic acids is 1. The number of benzene rings is 1. The van der Waals surface area contributed by atoms with Gasteiger partial charge in [0.25, 0.3) is 0 Å². The van der Waals surface area contributed by atoms with Crippen molar-refractivity contribution in [3.05, 3.63) is 27.7 Å². The summed E-state index contributed by atoms with van der Waals surface area (Å²) in [5.74, 6) is 1.65. The molecule has 0 radical (unpaired) electrons. The molecule has 2 unspecified atom stereocenters. The summed E-state index contributed by atoms with van der Waals surface area (Å²) in [6.07, 6.45) is 3.72. The highest BCUT2D eigenvalue weighted by Crippen LogP contribution is 2.57. The van der Waals surface area contributed by atoms with Gasteiger partial charge in [0.1, 0.15) is 0 Å². The second-order valence-corrected chi connectivity index (χ2v) is 6.22. The van der Waals surface area contributed by atoms with Crippen LogP contribution in [0.25, 0.3) is 0 Å². The molecule has 17 heavy (non-hydrogen) atoms. The van der Waals surface area contributed by atoms with Gasteiger partial charge in [-0.05, 0) is 42.9 Å². The first kappa shape index (κ1) is 11.5. The fourth-order valence-corrected chi connectivity index (χ4v) is 3.55. The van der Waals surface area contributed by atoms with E-state index in [1.807, 2.05) is 12.1 Å². The smallest absolute Gasteiger partial charge is 0.228 e. The SMILES string of the molecule is O=C(Nc1cc(Br)ccc1Cl)C1C2CCCC21. The normalized spacial score (nSPS) is 29.9. The van der Waals surface area contributed by atoms with E-state index in [4.69, 9.17) is 11.6 Å². The van der Waals surface area contributed by atoms with E-state index >= 15 is 0 Å². The molecule has 2 aliphatic carbocycles. The van der Waals surface area contributed by atoms with Gasteiger partial charge in [-0.2, -0.15) is 0 Å². The molecule has 1 aromatic carbocycles. The highest BCUT2D eigenvalue weighted by Gasteiger charge is 2.56. The van der Waals surface area contributed by atoms with Crippen molar-refractivity contribution in [1.29, 1.82) is 0 Å². The van der Waals surface area contributed by atoms with Crippen molar-refractivity contribution in [2.24, 2.45) is 17.8 Å². The Labute approximate surface area is 114 Å². The standard InChI is InChI=1S/C13H13BrClNO/c14-7-4-5-10(15)11(6-7)16-13(17)12-8-2-1-3-9(8)12/h4-6,8-9,12H,1-3H2,(H,16,17). The molecule has 0 bridgehead atoms. The number of rotatable bonds is 2. The third-order valence-electron chi connectivity index (χ3n) is 3.90. The van der Waals surface area contributed by atoms with Gasteiger partial charge in [-0.1, -0.05) is 34.0 Å². The predicted molar refractivity (Wildman–Crippen MR) is 72.1 cm³/mol. The molecular weight excluding hydrogens is 302 g/mol. The summed E-state index contributed by atoms with van der Waals surface area (Å²) in [5.41, 5.74) is 0.705. The lowest BCUT2D eigenvalue weighted by Gasteiger charge is -2.08. The first-order valence-corrected chi connectivity index (χ1v) is 7.10. The van der Waals surface area contributed by atoms with Gasteiger partial charge < -0.3 is 5.32 Å². The molecule has 3 rings (SSSR count). The number of fused-ring (bicyclic) bond motifs is 1. The molecule has 1 N–H and O–H groups in total.